The molecule has 0 atom stereocenters. The average molecular weight is 544 g/mol. The van der Waals surface area contributed by atoms with Crippen LogP contribution in [0.4, 0.5) is 26.3 Å². The van der Waals surface area contributed by atoms with Crippen molar-refractivity contribution in [1.29, 1.82) is 0 Å². The molecule has 0 saturated carbocycles. The number of hydrogen-bond donors (Lipinski definition) is 3. The molecule has 8 nitrogen and oxygen atoms in total. The third-order valence-corrected chi connectivity index (χ3v) is 4.94. The minimum Gasteiger partial charge on any atom is -0.476 e. The van der Waals surface area contributed by atoms with Gasteiger partial charge in [-0.05, 0) is 18.2 Å². The molecule has 2 aromatic carbocycles. The van der Waals surface area contributed by atoms with Crippen molar-refractivity contribution in [1.82, 2.24) is 10.3 Å². The molecule has 0 amide bonds. The normalized spacial score (nSPS) is 13.2. The van der Waals surface area contributed by atoms with Gasteiger partial charge in [0.05, 0.1) is 5.69 Å². The van der Waals surface area contributed by atoms with Gasteiger partial charge in [0.15, 0.2) is 0 Å². The molecular formula is C24H18F6N2O6. The van der Waals surface area contributed by atoms with E-state index in [1.54, 1.807) is 0 Å². The molecule has 0 unspecified atom stereocenters. The number of aliphatic carboxylic acids is 2. The summed E-state index contributed by atoms with van der Waals surface area (Å²) in [6, 6.07) is 18.4. The van der Waals surface area contributed by atoms with Crippen LogP contribution in [0, 0.1) is 0 Å². The monoisotopic (exact) mass is 544 g/mol. The van der Waals surface area contributed by atoms with E-state index < -0.39 is 24.3 Å². The Morgan fingerprint density at radius 2 is 1.45 bits per heavy atom. The van der Waals surface area contributed by atoms with Crippen molar-refractivity contribution in [2.24, 2.45) is 0 Å². The lowest BCUT2D eigenvalue weighted by Gasteiger charge is -2.08. The maximum atomic E-state index is 10.6. The zero-order chi connectivity index (χ0) is 28.1. The van der Waals surface area contributed by atoms with Crippen molar-refractivity contribution >= 4 is 33.9 Å². The summed E-state index contributed by atoms with van der Waals surface area (Å²) in [5.74, 6) is -4.80. The van der Waals surface area contributed by atoms with E-state index in [0.29, 0.717) is 12.5 Å². The summed E-state index contributed by atoms with van der Waals surface area (Å²) in [7, 11) is 0. The van der Waals surface area contributed by atoms with Gasteiger partial charge in [0.1, 0.15) is 17.8 Å². The molecular weight excluding hydrogens is 526 g/mol. The first kappa shape index (κ1) is 28.2. The molecule has 0 bridgehead atoms. The second kappa shape index (κ2) is 11.4. The molecule has 0 spiro atoms. The van der Waals surface area contributed by atoms with Gasteiger partial charge >= 0.3 is 24.3 Å². The van der Waals surface area contributed by atoms with Crippen molar-refractivity contribution in [3.8, 4) is 17.1 Å². The summed E-state index contributed by atoms with van der Waals surface area (Å²) in [5, 5.41) is 19.8. The minimum atomic E-state index is -5.08. The zero-order valence-electron chi connectivity index (χ0n) is 19.1. The van der Waals surface area contributed by atoms with Gasteiger partial charge in [-0.15, -0.1) is 0 Å². The first-order valence-corrected chi connectivity index (χ1v) is 10.6. The SMILES string of the molecule is O=C(O)C(F)(F)F.O=C(O)C(F)(F)F.c1ccc2c(c1)oc1c(-c3ccc4c(n3)OCCNC4)cccc12. The standard InChI is InChI=1S/C20H16N2O2.2C2HF3O2/c1-2-7-18-14(4-1)15-5-3-6-16(19(15)24-18)17-9-8-13-12-21-10-11-23-20(13)22-17;2*3-2(4,5)1(6)7/h1-9,21H,10-12H2;2*(H,6,7). The van der Waals surface area contributed by atoms with Crippen molar-refractivity contribution in [3.63, 3.8) is 0 Å². The summed E-state index contributed by atoms with van der Waals surface area (Å²) >= 11 is 0. The number of para-hydroxylation sites is 2. The lowest BCUT2D eigenvalue weighted by atomic mass is 10.1. The molecule has 2 aromatic heterocycles. The molecule has 202 valence electrons. The fourth-order valence-electron chi connectivity index (χ4n) is 3.27. The van der Waals surface area contributed by atoms with Crippen LogP contribution < -0.4 is 10.1 Å². The fourth-order valence-corrected chi connectivity index (χ4v) is 3.27. The molecule has 38 heavy (non-hydrogen) atoms. The summed E-state index contributed by atoms with van der Waals surface area (Å²) in [6.45, 7) is 2.26. The number of carbonyl (C=O) groups is 2. The van der Waals surface area contributed by atoms with Crippen LogP contribution in [-0.4, -0.2) is 52.6 Å². The van der Waals surface area contributed by atoms with Crippen molar-refractivity contribution in [2.75, 3.05) is 13.2 Å². The summed E-state index contributed by atoms with van der Waals surface area (Å²) in [5.41, 5.74) is 4.73. The van der Waals surface area contributed by atoms with Crippen LogP contribution in [0.5, 0.6) is 5.88 Å². The Kier molecular flexibility index (Phi) is 8.46. The Labute approximate surface area is 209 Å². The molecule has 4 aromatic rings. The highest BCUT2D eigenvalue weighted by molar-refractivity contribution is 6.09. The summed E-state index contributed by atoms with van der Waals surface area (Å²) < 4.78 is 75.4. The molecule has 3 N–H and O–H groups in total. The van der Waals surface area contributed by atoms with E-state index in [9.17, 15) is 26.3 Å². The largest absolute Gasteiger partial charge is 0.490 e. The number of halogens is 6. The van der Waals surface area contributed by atoms with Crippen molar-refractivity contribution in [3.05, 3.63) is 60.2 Å². The number of aromatic nitrogens is 1. The molecule has 0 saturated heterocycles. The van der Waals surface area contributed by atoms with E-state index >= 15 is 0 Å². The molecule has 0 radical (unpaired) electrons. The van der Waals surface area contributed by atoms with Gasteiger partial charge in [0.2, 0.25) is 5.88 Å². The van der Waals surface area contributed by atoms with Gasteiger partial charge in [-0.2, -0.15) is 26.3 Å². The Morgan fingerprint density at radius 1 is 0.842 bits per heavy atom. The van der Waals surface area contributed by atoms with Crippen LogP contribution in [-0.2, 0) is 16.1 Å². The van der Waals surface area contributed by atoms with Gasteiger partial charge in [0, 0.05) is 35.0 Å². The zero-order valence-corrected chi connectivity index (χ0v) is 19.1. The number of rotatable bonds is 1. The van der Waals surface area contributed by atoms with Crippen molar-refractivity contribution < 1.29 is 55.3 Å². The maximum absolute atomic E-state index is 10.6. The molecule has 0 aliphatic carbocycles. The molecule has 1 aliphatic heterocycles. The second-order valence-electron chi connectivity index (χ2n) is 7.57. The lowest BCUT2D eigenvalue weighted by Crippen LogP contribution is -2.21. The molecule has 3 heterocycles. The van der Waals surface area contributed by atoms with E-state index in [1.165, 1.54) is 0 Å². The molecule has 0 fully saturated rings. The number of hydrogen-bond acceptors (Lipinski definition) is 6. The Bertz CT molecular complexity index is 1420. The van der Waals surface area contributed by atoms with Crippen LogP contribution >= 0.6 is 0 Å². The topological polar surface area (TPSA) is 122 Å². The number of nitrogens with zero attached hydrogens (tertiary/aromatic N) is 1. The van der Waals surface area contributed by atoms with Gasteiger partial charge in [0.25, 0.3) is 0 Å². The quantitative estimate of drug-likeness (QED) is 0.273. The highest BCUT2D eigenvalue weighted by Gasteiger charge is 2.38. The van der Waals surface area contributed by atoms with Gasteiger partial charge in [-0.1, -0.05) is 36.4 Å². The molecule has 1 aliphatic rings. The van der Waals surface area contributed by atoms with Gasteiger partial charge in [-0.3, -0.25) is 0 Å². The number of alkyl halides is 6. The number of pyridine rings is 1. The van der Waals surface area contributed by atoms with Crippen LogP contribution in [0.2, 0.25) is 0 Å². The molecule has 5 rings (SSSR count). The summed E-state index contributed by atoms with van der Waals surface area (Å²) in [6.07, 6.45) is -10.2. The third-order valence-electron chi connectivity index (χ3n) is 4.94. The number of carboxylic acid groups (broad SMARTS) is 2. The number of nitrogens with one attached hydrogen (secondary N) is 1. The van der Waals surface area contributed by atoms with Gasteiger partial charge in [-0.25, -0.2) is 14.6 Å². The second-order valence-corrected chi connectivity index (χ2v) is 7.57. The first-order chi connectivity index (χ1) is 17.8. The Hall–Kier alpha value is -4.33. The third kappa shape index (κ3) is 6.91. The Balaban J connectivity index is 0.000000239. The van der Waals surface area contributed by atoms with E-state index in [1.807, 2.05) is 30.3 Å². The average Bonchev–Trinajstić information content (AvgIpc) is 3.06. The number of carboxylic acids is 2. The van der Waals surface area contributed by atoms with E-state index in [2.05, 4.69) is 29.6 Å². The van der Waals surface area contributed by atoms with Crippen molar-refractivity contribution in [2.45, 2.75) is 18.9 Å². The Morgan fingerprint density at radius 3 is 2.08 bits per heavy atom. The highest BCUT2D eigenvalue weighted by atomic mass is 19.4. The molecule has 14 heteroatoms. The fraction of sp³-hybridized carbons (Fsp3) is 0.208. The van der Waals surface area contributed by atoms with Gasteiger partial charge < -0.3 is 24.7 Å². The van der Waals surface area contributed by atoms with Crippen LogP contribution in [0.3, 0.4) is 0 Å². The lowest BCUT2D eigenvalue weighted by molar-refractivity contribution is -0.193. The summed E-state index contributed by atoms with van der Waals surface area (Å²) in [4.78, 5) is 22.5. The smallest absolute Gasteiger partial charge is 0.476 e. The highest BCUT2D eigenvalue weighted by Crippen LogP contribution is 2.36. The van der Waals surface area contributed by atoms with E-state index in [0.717, 1.165) is 51.8 Å². The number of benzene rings is 2. The first-order valence-electron chi connectivity index (χ1n) is 10.6. The predicted octanol–water partition coefficient (Wildman–Crippen LogP) is 5.40. The number of furan rings is 1. The maximum Gasteiger partial charge on any atom is 0.490 e. The van der Waals surface area contributed by atoms with E-state index in [-0.39, 0.29) is 0 Å². The van der Waals surface area contributed by atoms with Crippen LogP contribution in [0.15, 0.2) is 59.0 Å². The predicted molar refractivity (Wildman–Crippen MR) is 122 cm³/mol. The number of fused-ring (bicyclic) bond motifs is 4. The minimum absolute atomic E-state index is 0.637. The van der Waals surface area contributed by atoms with E-state index in [4.69, 9.17) is 33.9 Å². The van der Waals surface area contributed by atoms with Crippen LogP contribution in [0.1, 0.15) is 5.56 Å². The van der Waals surface area contributed by atoms with Crippen LogP contribution in [0.25, 0.3) is 33.2 Å². The number of ether oxygens (including phenoxy) is 1.